The van der Waals surface area contributed by atoms with Crippen molar-refractivity contribution < 1.29 is 240 Å². The van der Waals surface area contributed by atoms with Crippen LogP contribution in [-0.2, 0) is 211 Å². The predicted octanol–water partition coefficient (Wildman–Crippen LogP) is 2.83. The second-order valence-electron chi connectivity index (χ2n) is 18.3. The van der Waals surface area contributed by atoms with Crippen LogP contribution in [0, 0.1) is 49.4 Å². The molecule has 68 heavy (non-hydrogen) atoms. The van der Waals surface area contributed by atoms with Gasteiger partial charge >= 0.3 is 0 Å². The summed E-state index contributed by atoms with van der Waals surface area (Å²) < 4.78 is 0. The van der Waals surface area contributed by atoms with Crippen molar-refractivity contribution in [2.75, 3.05) is 121 Å². The summed E-state index contributed by atoms with van der Waals surface area (Å²) in [6.07, 6.45) is 18.4. The number of piperidine rings is 6. The molecular formula is C46H88Cl4N8O4Y6-8. The number of carbonyl (C=O) groups is 2. The van der Waals surface area contributed by atoms with Crippen molar-refractivity contribution in [3.8, 4) is 0 Å². The predicted molar refractivity (Wildman–Crippen MR) is 255 cm³/mol. The summed E-state index contributed by atoms with van der Waals surface area (Å²) in [5.41, 5.74) is 12.5. The molecule has 22 heteroatoms. The van der Waals surface area contributed by atoms with Gasteiger partial charge in [0.2, 0.25) is 0 Å². The van der Waals surface area contributed by atoms with Crippen molar-refractivity contribution in [1.29, 1.82) is 0 Å². The number of likely N-dealkylation sites (tertiary alicyclic amines) is 6. The van der Waals surface area contributed by atoms with Gasteiger partial charge in [0, 0.05) is 202 Å². The van der Waals surface area contributed by atoms with E-state index in [4.69, 9.17) is 21.1 Å². The summed E-state index contributed by atoms with van der Waals surface area (Å²) in [6, 6.07) is 0. The van der Waals surface area contributed by atoms with Crippen molar-refractivity contribution >= 4 is 46.5 Å². The molecule has 6 heterocycles. The number of carbonyl (C=O) groups excluding carboxylic acids is 4. The Morgan fingerprint density at radius 3 is 0.853 bits per heavy atom. The van der Waals surface area contributed by atoms with E-state index in [-0.39, 0.29) is 221 Å². The molecule has 0 aromatic heterocycles. The molecule has 6 aliphatic heterocycles. The van der Waals surface area contributed by atoms with Crippen LogP contribution in [0.2, 0.25) is 0 Å². The number of halogens is 4. The van der Waals surface area contributed by atoms with E-state index in [2.05, 4.69) is 123 Å². The molecule has 0 aromatic carbocycles. The minimum atomic E-state index is -1.11. The van der Waals surface area contributed by atoms with Gasteiger partial charge in [-0.15, -0.1) is 6.42 Å². The van der Waals surface area contributed by atoms with Crippen molar-refractivity contribution in [2.24, 2.45) is 35.5 Å². The molecule has 2 N–H and O–H groups in total. The zero-order chi connectivity index (χ0) is 45.9. The molecule has 6 radical (unpaired) electrons. The van der Waals surface area contributed by atoms with E-state index in [1.54, 1.807) is 0 Å². The van der Waals surface area contributed by atoms with E-state index in [1.165, 1.54) is 117 Å². The smallest absolute Gasteiger partial charge is 0.140 e. The maximum Gasteiger partial charge on any atom is 0.140 e. The van der Waals surface area contributed by atoms with Crippen molar-refractivity contribution in [3.05, 3.63) is 25.3 Å². The molecule has 0 atom stereocenters. The zero-order valence-corrected chi connectivity index (χ0v) is 63.6. The minimum Gasteiger partial charge on any atom is -1.00 e. The third-order valence-corrected chi connectivity index (χ3v) is 12.2. The number of hydrogen-bond acceptors (Lipinski definition) is 10. The second-order valence-corrected chi connectivity index (χ2v) is 18.8. The maximum absolute atomic E-state index is 10.4. The average molecular weight is 1490 g/mol. The number of rotatable bonds is 4. The van der Waals surface area contributed by atoms with Gasteiger partial charge in [-0.3, -0.25) is 6.29 Å². The Labute approximate surface area is 591 Å². The number of amides is 2. The molecule has 0 spiro atoms. The fourth-order valence-corrected chi connectivity index (χ4v) is 7.31. The summed E-state index contributed by atoms with van der Waals surface area (Å²) in [7, 11) is 13.0. The molecule has 0 bridgehead atoms. The average Bonchev–Trinajstić information content (AvgIpc) is 3.19. The first-order valence-corrected chi connectivity index (χ1v) is 23.3. The maximum atomic E-state index is 10.4. The first-order chi connectivity index (χ1) is 28.3. The monoisotopic (exact) mass is 1490 g/mol. The van der Waals surface area contributed by atoms with Crippen LogP contribution in [0.4, 0.5) is 4.79 Å². The number of hydrogen-bond donors (Lipinski definition) is 0. The van der Waals surface area contributed by atoms with E-state index in [1.807, 2.05) is 6.29 Å². The Morgan fingerprint density at radius 2 is 0.676 bits per heavy atom. The Balaban J connectivity index is -0.0000000708. The molecular weight excluding hydrogens is 1400 g/mol. The topological polar surface area (TPSA) is 135 Å². The quantitative estimate of drug-likeness (QED) is 0.235. The third-order valence-electron chi connectivity index (χ3n) is 12.2. The summed E-state index contributed by atoms with van der Waals surface area (Å²) in [5, 5.41) is -1.11. The van der Waals surface area contributed by atoms with Crippen molar-refractivity contribution in [2.45, 2.75) is 104 Å². The summed E-state index contributed by atoms with van der Waals surface area (Å²) in [6.45, 7) is 27.3. The molecule has 0 saturated carbocycles. The van der Waals surface area contributed by atoms with E-state index in [0.29, 0.717) is 24.7 Å². The summed E-state index contributed by atoms with van der Waals surface area (Å²) >= 11 is 8.50. The number of nitrogens with zero attached hydrogens (tertiary/aromatic N) is 6. The van der Waals surface area contributed by atoms with Crippen LogP contribution >= 0.6 is 23.2 Å². The Hall–Kier alpha value is 5.82. The first kappa shape index (κ1) is 96.1. The Bertz CT molecular complexity index is 932. The minimum absolute atomic E-state index is 0. The van der Waals surface area contributed by atoms with Crippen LogP contribution in [0.1, 0.15) is 104 Å². The van der Waals surface area contributed by atoms with Gasteiger partial charge < -0.3 is 110 Å². The van der Waals surface area contributed by atoms with Crippen LogP contribution in [0.5, 0.6) is 0 Å². The van der Waals surface area contributed by atoms with E-state index in [0.717, 1.165) is 68.4 Å². The molecule has 6 rings (SSSR count). The Morgan fingerprint density at radius 1 is 0.485 bits per heavy atom. The molecule has 6 saturated heterocycles. The zero-order valence-electron chi connectivity index (χ0n) is 43.6. The summed E-state index contributed by atoms with van der Waals surface area (Å²) in [4.78, 5) is 51.9. The van der Waals surface area contributed by atoms with Gasteiger partial charge in [0.05, 0.1) is 0 Å². The fourth-order valence-electron chi connectivity index (χ4n) is 7.31. The SMILES string of the molecule is CC1CCN(C)CC1.CC1CCN(C)CC1.CN1CCC(CC([NH-])=O)CC1.CN1CCC(C[C-]=O)CC1.O=[C-]Cl.[CH2-]C1CCN(C)CC1.[CH2-]C1CCN(C)CC1.[Cl-].[Cl-].[NH-]C(=O)Cl.[Y].[Y].[Y].[Y].[Y].[Y]. The molecule has 2 amide bonds. The van der Waals surface area contributed by atoms with Crippen LogP contribution in [0.15, 0.2) is 0 Å². The van der Waals surface area contributed by atoms with Gasteiger partial charge in [0.1, 0.15) is 5.37 Å². The van der Waals surface area contributed by atoms with Gasteiger partial charge in [-0.05, 0) is 196 Å². The molecule has 6 aliphatic rings. The standard InChI is InChI=1S/C8H16N2O.C8H14NO.2C7H15N.2C7H14N.CH2ClNO.CClO.2ClH.6Y/c1-10-4-2-7(3-5-10)6-8(9)11;1-9-5-2-8(3-6-9)4-7-10;4*1-7-3-5-8(2)6-4-7;2-1(3)4;2-1-3;;;;;;;;/h7H,2-6H2,1H3,(H2,9,11);8H,2-6H2,1H3;2*7H,3-6H2,1-2H3;2*7H,1,3-6H2,2H3;(H2,3,4);;2*1H;;;;;;/q;-1;;;2*-1;;-1;;;;;;;;/p-4. The second kappa shape index (κ2) is 65.3. The van der Waals surface area contributed by atoms with Crippen molar-refractivity contribution in [1.82, 2.24) is 29.4 Å². The Kier molecular flexibility index (Phi) is 92.4. The van der Waals surface area contributed by atoms with Crippen LogP contribution in [0.3, 0.4) is 0 Å². The van der Waals surface area contributed by atoms with Crippen molar-refractivity contribution in [3.63, 3.8) is 0 Å². The van der Waals surface area contributed by atoms with E-state index in [9.17, 15) is 9.59 Å². The van der Waals surface area contributed by atoms with Crippen LogP contribution in [0.25, 0.3) is 11.5 Å². The number of nitrogens with one attached hydrogen (secondary N) is 2. The third kappa shape index (κ3) is 67.9. The van der Waals surface area contributed by atoms with E-state index < -0.39 is 11.3 Å². The fraction of sp³-hybridized carbons (Fsp3) is 0.870. The molecule has 0 aromatic rings. The molecule has 0 unspecified atom stereocenters. The normalized spacial score (nSPS) is 19.8. The van der Waals surface area contributed by atoms with Crippen LogP contribution in [-0.4, -0.2) is 174 Å². The molecule has 12 nitrogen and oxygen atoms in total. The molecule has 0 aliphatic carbocycles. The largest absolute Gasteiger partial charge is 1.00 e. The van der Waals surface area contributed by atoms with Crippen LogP contribution < -0.4 is 24.8 Å². The first-order valence-electron chi connectivity index (χ1n) is 22.6. The van der Waals surface area contributed by atoms with E-state index >= 15 is 0 Å². The van der Waals surface area contributed by atoms with Gasteiger partial charge in [0.25, 0.3) is 0 Å². The molecule has 6 fully saturated rings. The molecule has 390 valence electrons. The van der Waals surface area contributed by atoms with Gasteiger partial charge in [-0.25, -0.2) is 0 Å². The summed E-state index contributed by atoms with van der Waals surface area (Å²) in [5.74, 6) is 5.08. The van der Waals surface area contributed by atoms with Gasteiger partial charge in [-0.1, -0.05) is 57.0 Å². The van der Waals surface area contributed by atoms with Gasteiger partial charge in [0.15, 0.2) is 0 Å². The van der Waals surface area contributed by atoms with Gasteiger partial charge in [-0.2, -0.15) is 17.6 Å².